The van der Waals surface area contributed by atoms with Crippen molar-refractivity contribution in [3.8, 4) is 0 Å². The molecule has 0 amide bonds. The van der Waals surface area contributed by atoms with E-state index in [-0.39, 0.29) is 31.1 Å². The summed E-state index contributed by atoms with van der Waals surface area (Å²) in [6.07, 6.45) is 47.6. The van der Waals surface area contributed by atoms with Gasteiger partial charge in [0.2, 0.25) is 0 Å². The van der Waals surface area contributed by atoms with Gasteiger partial charge < -0.3 is 19.7 Å². The molecule has 0 aromatic heterocycles. The van der Waals surface area contributed by atoms with Crippen LogP contribution in [0.2, 0.25) is 0 Å². The van der Waals surface area contributed by atoms with Crippen LogP contribution in [0.25, 0.3) is 0 Å². The Kier molecular flexibility index (Phi) is 50.2. The smallest absolute Gasteiger partial charge is 0.313 e. The van der Waals surface area contributed by atoms with Gasteiger partial charge in [-0.2, -0.15) is 0 Å². The summed E-state index contributed by atoms with van der Waals surface area (Å²) in [5, 5.41) is 17.7. The molecule has 0 aliphatic carbocycles. The molecule has 2 N–H and O–H groups in total. The van der Waals surface area contributed by atoms with Crippen molar-refractivity contribution in [2.45, 2.75) is 284 Å². The van der Waals surface area contributed by atoms with Crippen LogP contribution in [0.15, 0.2) is 0 Å². The Labute approximate surface area is 348 Å². The predicted octanol–water partition coefficient (Wildman–Crippen LogP) is 14.6. The zero-order valence-corrected chi connectivity index (χ0v) is 37.7. The van der Waals surface area contributed by atoms with Gasteiger partial charge in [-0.05, 0) is 19.3 Å². The van der Waals surface area contributed by atoms with Gasteiger partial charge in [0, 0.05) is 19.3 Å². The molecule has 7 nitrogen and oxygen atoms in total. The molecule has 0 bridgehead atoms. The molecule has 0 saturated heterocycles. The number of aliphatic hydroxyl groups excluding tert-OH is 2. The molecule has 7 heteroatoms. The average molecular weight is 797 g/mol. The zero-order chi connectivity index (χ0) is 41.4. The highest BCUT2D eigenvalue weighted by molar-refractivity contribution is 5.85. The molecule has 0 fully saturated rings. The first-order chi connectivity index (χ1) is 27.4. The van der Waals surface area contributed by atoms with Crippen LogP contribution in [0, 0.1) is 0 Å². The van der Waals surface area contributed by atoms with Crippen molar-refractivity contribution in [3.63, 3.8) is 0 Å². The molecule has 0 radical (unpaired) electrons. The zero-order valence-electron chi connectivity index (χ0n) is 37.7. The molecule has 0 saturated carbocycles. The van der Waals surface area contributed by atoms with Gasteiger partial charge in [-0.25, -0.2) is 0 Å². The molecular weight excluding hydrogens is 701 g/mol. The highest BCUT2D eigenvalue weighted by atomic mass is 16.6. The van der Waals surface area contributed by atoms with Crippen LogP contribution in [0.3, 0.4) is 0 Å². The average Bonchev–Trinajstić information content (AvgIpc) is 3.19. The van der Waals surface area contributed by atoms with Crippen molar-refractivity contribution in [1.82, 2.24) is 0 Å². The van der Waals surface area contributed by atoms with E-state index in [2.05, 4.69) is 20.8 Å². The fourth-order valence-electron chi connectivity index (χ4n) is 7.11. The van der Waals surface area contributed by atoms with E-state index >= 15 is 0 Å². The minimum Gasteiger partial charge on any atom is -0.457 e. The molecular formula is C49H96O7. The first kappa shape index (κ1) is 56.6. The van der Waals surface area contributed by atoms with Gasteiger partial charge >= 0.3 is 17.9 Å². The number of rotatable bonds is 43. The van der Waals surface area contributed by atoms with Gasteiger partial charge in [-0.1, -0.05) is 239 Å². The molecule has 0 heterocycles. The van der Waals surface area contributed by atoms with Crippen molar-refractivity contribution in [2.24, 2.45) is 0 Å². The second-order valence-electron chi connectivity index (χ2n) is 16.6. The number of carbonyl (C=O) groups is 3. The lowest BCUT2D eigenvalue weighted by molar-refractivity contribution is -0.160. The Morgan fingerprint density at radius 3 is 0.732 bits per heavy atom. The van der Waals surface area contributed by atoms with Crippen molar-refractivity contribution < 1.29 is 34.1 Å². The monoisotopic (exact) mass is 797 g/mol. The predicted molar refractivity (Wildman–Crippen MR) is 237 cm³/mol. The summed E-state index contributed by atoms with van der Waals surface area (Å²) in [5.41, 5.74) is 0. The van der Waals surface area contributed by atoms with Gasteiger partial charge in [0.25, 0.3) is 0 Å². The SMILES string of the molecule is CCCCCCCCCCCCCCCC(=O)OC(=O)CCCCCCCCCCC.CCCCCCCCCCCCCCCCCC(=O)OC(CO)CO. The molecule has 0 aliphatic heterocycles. The summed E-state index contributed by atoms with van der Waals surface area (Å²) in [4.78, 5) is 35.0. The summed E-state index contributed by atoms with van der Waals surface area (Å²) in [6.45, 7) is 6.13. The van der Waals surface area contributed by atoms with E-state index in [1.165, 1.54) is 199 Å². The van der Waals surface area contributed by atoms with Crippen LogP contribution in [-0.4, -0.2) is 47.4 Å². The topological polar surface area (TPSA) is 110 Å². The summed E-state index contributed by atoms with van der Waals surface area (Å²) >= 11 is 0. The number of esters is 3. The standard InChI is InChI=1S/C28H54O3.C21H42O4/c1-3-5-7-9-11-13-14-15-16-18-20-22-24-26-28(30)31-27(29)25-23-21-19-17-12-10-8-6-4-2;1-2-3-4-5-6-7-8-9-10-11-12-13-14-15-16-17-21(24)25-20(18-22)19-23/h3-26H2,1-2H3;20,22-23H,2-19H2,1H3. The van der Waals surface area contributed by atoms with Crippen LogP contribution in [0.1, 0.15) is 278 Å². The molecule has 0 aliphatic rings. The van der Waals surface area contributed by atoms with Gasteiger partial charge in [0.1, 0.15) is 6.10 Å². The van der Waals surface area contributed by atoms with Gasteiger partial charge in [0.15, 0.2) is 0 Å². The molecule has 0 spiro atoms. The van der Waals surface area contributed by atoms with E-state index in [0.29, 0.717) is 19.3 Å². The van der Waals surface area contributed by atoms with Crippen LogP contribution in [0.5, 0.6) is 0 Å². The van der Waals surface area contributed by atoms with Gasteiger partial charge in [-0.15, -0.1) is 0 Å². The number of hydrogen-bond acceptors (Lipinski definition) is 7. The van der Waals surface area contributed by atoms with E-state index in [1.807, 2.05) is 0 Å². The van der Waals surface area contributed by atoms with E-state index in [1.54, 1.807) is 0 Å². The third-order valence-corrected chi connectivity index (χ3v) is 10.9. The van der Waals surface area contributed by atoms with Crippen molar-refractivity contribution >= 4 is 17.9 Å². The first-order valence-electron chi connectivity index (χ1n) is 24.6. The first-order valence-corrected chi connectivity index (χ1v) is 24.6. The Morgan fingerprint density at radius 2 is 0.518 bits per heavy atom. The van der Waals surface area contributed by atoms with Crippen molar-refractivity contribution in [2.75, 3.05) is 13.2 Å². The lowest BCUT2D eigenvalue weighted by atomic mass is 10.0. The fourth-order valence-corrected chi connectivity index (χ4v) is 7.11. The minimum atomic E-state index is -0.760. The normalized spacial score (nSPS) is 11.1. The maximum atomic E-state index is 11.8. The van der Waals surface area contributed by atoms with Crippen LogP contribution in [0.4, 0.5) is 0 Å². The molecule has 0 aromatic rings. The minimum absolute atomic E-state index is 0.317. The van der Waals surface area contributed by atoms with Crippen LogP contribution >= 0.6 is 0 Å². The van der Waals surface area contributed by atoms with Crippen LogP contribution < -0.4 is 0 Å². The largest absolute Gasteiger partial charge is 0.457 e. The molecule has 334 valence electrons. The second-order valence-corrected chi connectivity index (χ2v) is 16.6. The summed E-state index contributed by atoms with van der Waals surface area (Å²) in [6, 6.07) is 0. The second kappa shape index (κ2) is 49.7. The maximum absolute atomic E-state index is 11.8. The Bertz CT molecular complexity index is 797. The molecule has 0 aromatic carbocycles. The molecule has 0 atom stereocenters. The summed E-state index contributed by atoms with van der Waals surface area (Å²) in [7, 11) is 0. The third-order valence-electron chi connectivity index (χ3n) is 10.9. The lowest BCUT2D eigenvalue weighted by Crippen LogP contribution is -2.25. The Hall–Kier alpha value is -1.47. The van der Waals surface area contributed by atoms with E-state index in [4.69, 9.17) is 19.7 Å². The third kappa shape index (κ3) is 48.7. The highest BCUT2D eigenvalue weighted by Crippen LogP contribution is 2.16. The van der Waals surface area contributed by atoms with Crippen molar-refractivity contribution in [1.29, 1.82) is 0 Å². The number of unbranched alkanes of at least 4 members (excludes halogenated alkanes) is 34. The van der Waals surface area contributed by atoms with E-state index in [0.717, 1.165) is 38.5 Å². The fraction of sp³-hybridized carbons (Fsp3) is 0.939. The molecule has 56 heavy (non-hydrogen) atoms. The Morgan fingerprint density at radius 1 is 0.321 bits per heavy atom. The maximum Gasteiger partial charge on any atom is 0.313 e. The number of carbonyl (C=O) groups excluding carboxylic acids is 3. The molecule has 0 rings (SSSR count). The number of aliphatic hydroxyl groups is 2. The lowest BCUT2D eigenvalue weighted by Gasteiger charge is -2.12. The van der Waals surface area contributed by atoms with Crippen molar-refractivity contribution in [3.05, 3.63) is 0 Å². The summed E-state index contributed by atoms with van der Waals surface area (Å²) in [5.74, 6) is -0.977. The highest BCUT2D eigenvalue weighted by Gasteiger charge is 2.12. The number of hydrogen-bond donors (Lipinski definition) is 2. The van der Waals surface area contributed by atoms with Crippen LogP contribution in [-0.2, 0) is 23.9 Å². The van der Waals surface area contributed by atoms with E-state index < -0.39 is 6.10 Å². The summed E-state index contributed by atoms with van der Waals surface area (Å²) < 4.78 is 9.88. The van der Waals surface area contributed by atoms with Gasteiger partial charge in [-0.3, -0.25) is 14.4 Å². The van der Waals surface area contributed by atoms with E-state index in [9.17, 15) is 14.4 Å². The quantitative estimate of drug-likeness (QED) is 0.0359. The molecule has 0 unspecified atom stereocenters. The number of ether oxygens (including phenoxy) is 2. The Balaban J connectivity index is 0. The van der Waals surface area contributed by atoms with Gasteiger partial charge in [0.05, 0.1) is 13.2 Å².